The first-order valence-corrected chi connectivity index (χ1v) is 3.36. The van der Waals surface area contributed by atoms with Crippen LogP contribution in [0.2, 0.25) is 0 Å². The number of para-hydroxylation sites is 1. The molecule has 0 aliphatic rings. The minimum atomic E-state index is -0.862. The van der Waals surface area contributed by atoms with Gasteiger partial charge >= 0.3 is 5.69 Å². The van der Waals surface area contributed by atoms with Gasteiger partial charge in [-0.3, -0.25) is 14.9 Å². The van der Waals surface area contributed by atoms with E-state index in [1.165, 1.54) is 18.2 Å². The van der Waals surface area contributed by atoms with Gasteiger partial charge in [0.25, 0.3) is 5.91 Å². The molecule has 6 nitrogen and oxygen atoms in total. The Morgan fingerprint density at radius 3 is 2.46 bits per heavy atom. The molecule has 1 rings (SSSR count). The van der Waals surface area contributed by atoms with Crippen molar-refractivity contribution in [2.75, 3.05) is 5.73 Å². The maximum Gasteiger partial charge on any atom is 0.304 e. The fourth-order valence-electron chi connectivity index (χ4n) is 0.964. The molecular weight excluding hydrogens is 174 g/mol. The second kappa shape index (κ2) is 3.10. The van der Waals surface area contributed by atoms with E-state index < -0.39 is 16.5 Å². The number of nitrogen functional groups attached to an aromatic ring is 1. The molecule has 0 bridgehead atoms. The lowest BCUT2D eigenvalue weighted by molar-refractivity contribution is -0.384. The Labute approximate surface area is 73.3 Å². The van der Waals surface area contributed by atoms with Crippen LogP contribution in [0.15, 0.2) is 18.2 Å². The Balaban J connectivity index is 3.43. The molecule has 0 heterocycles. The second-order valence-corrected chi connectivity index (χ2v) is 2.36. The summed E-state index contributed by atoms with van der Waals surface area (Å²) in [6.07, 6.45) is 0. The van der Waals surface area contributed by atoms with Gasteiger partial charge < -0.3 is 11.5 Å². The lowest BCUT2D eigenvalue weighted by Crippen LogP contribution is -2.14. The highest BCUT2D eigenvalue weighted by molar-refractivity contribution is 5.99. The highest BCUT2D eigenvalue weighted by atomic mass is 16.6. The smallest absolute Gasteiger partial charge is 0.304 e. The molecule has 0 unspecified atom stereocenters. The van der Waals surface area contributed by atoms with Crippen LogP contribution in [-0.4, -0.2) is 10.8 Å². The van der Waals surface area contributed by atoms with Gasteiger partial charge in [0.05, 0.1) is 4.92 Å². The summed E-state index contributed by atoms with van der Waals surface area (Å²) in [6, 6.07) is 4.03. The van der Waals surface area contributed by atoms with Crippen molar-refractivity contribution in [1.29, 1.82) is 0 Å². The molecular formula is C7H7N3O3. The monoisotopic (exact) mass is 181 g/mol. The number of nitro benzene ring substituents is 1. The maximum absolute atomic E-state index is 10.7. The van der Waals surface area contributed by atoms with Crippen LogP contribution in [0.3, 0.4) is 0 Å². The summed E-state index contributed by atoms with van der Waals surface area (Å²) in [5.74, 6) is -0.862. The summed E-state index contributed by atoms with van der Waals surface area (Å²) < 4.78 is 0. The fourth-order valence-corrected chi connectivity index (χ4v) is 0.964. The molecule has 68 valence electrons. The van der Waals surface area contributed by atoms with Crippen molar-refractivity contribution in [2.45, 2.75) is 0 Å². The SMILES string of the molecule is NC(=O)c1cccc(N)c1[N+](=O)[O-]. The number of carbonyl (C=O) groups is 1. The number of carbonyl (C=O) groups excluding carboxylic acids is 1. The van der Waals surface area contributed by atoms with E-state index in [1.807, 2.05) is 0 Å². The molecule has 0 fully saturated rings. The molecule has 0 radical (unpaired) electrons. The lowest BCUT2D eigenvalue weighted by Gasteiger charge is -2.00. The topological polar surface area (TPSA) is 112 Å². The van der Waals surface area contributed by atoms with Crippen molar-refractivity contribution >= 4 is 17.3 Å². The summed E-state index contributed by atoms with van der Waals surface area (Å²) in [6.45, 7) is 0. The Hall–Kier alpha value is -2.11. The van der Waals surface area contributed by atoms with Gasteiger partial charge in [-0.2, -0.15) is 0 Å². The zero-order chi connectivity index (χ0) is 10.0. The minimum absolute atomic E-state index is 0.0682. The van der Waals surface area contributed by atoms with Crippen molar-refractivity contribution in [2.24, 2.45) is 5.73 Å². The normalized spacial score (nSPS) is 9.54. The number of primary amides is 1. The van der Waals surface area contributed by atoms with Crippen molar-refractivity contribution in [3.05, 3.63) is 33.9 Å². The molecule has 0 saturated heterocycles. The van der Waals surface area contributed by atoms with E-state index in [4.69, 9.17) is 11.5 Å². The van der Waals surface area contributed by atoms with Crippen LogP contribution >= 0.6 is 0 Å². The third-order valence-electron chi connectivity index (χ3n) is 1.52. The highest BCUT2D eigenvalue weighted by Gasteiger charge is 2.20. The Morgan fingerprint density at radius 1 is 1.46 bits per heavy atom. The number of hydrogen-bond acceptors (Lipinski definition) is 4. The van der Waals surface area contributed by atoms with E-state index in [0.717, 1.165) is 0 Å². The van der Waals surface area contributed by atoms with Gasteiger partial charge in [-0.25, -0.2) is 0 Å². The summed E-state index contributed by atoms with van der Waals surface area (Å²) in [4.78, 5) is 20.5. The van der Waals surface area contributed by atoms with Gasteiger partial charge in [0, 0.05) is 0 Å². The van der Waals surface area contributed by atoms with E-state index >= 15 is 0 Å². The van der Waals surface area contributed by atoms with E-state index in [0.29, 0.717) is 0 Å². The molecule has 0 aliphatic carbocycles. The zero-order valence-corrected chi connectivity index (χ0v) is 6.56. The first kappa shape index (κ1) is 8.98. The molecule has 1 aromatic carbocycles. The average Bonchev–Trinajstić information content (AvgIpc) is 2.02. The van der Waals surface area contributed by atoms with Crippen LogP contribution in [0, 0.1) is 10.1 Å². The fraction of sp³-hybridized carbons (Fsp3) is 0. The molecule has 13 heavy (non-hydrogen) atoms. The van der Waals surface area contributed by atoms with Gasteiger partial charge in [-0.1, -0.05) is 6.07 Å². The van der Waals surface area contributed by atoms with E-state index in [9.17, 15) is 14.9 Å². The Kier molecular flexibility index (Phi) is 2.14. The molecule has 4 N–H and O–H groups in total. The van der Waals surface area contributed by atoms with Crippen LogP contribution in [0.25, 0.3) is 0 Å². The predicted octanol–water partition coefficient (Wildman–Crippen LogP) is 0.276. The molecule has 1 amide bonds. The van der Waals surface area contributed by atoms with Gasteiger partial charge in [0.1, 0.15) is 11.3 Å². The number of nitrogens with two attached hydrogens (primary N) is 2. The molecule has 0 saturated carbocycles. The van der Waals surface area contributed by atoms with Gasteiger partial charge in [-0.15, -0.1) is 0 Å². The summed E-state index contributed by atoms with van der Waals surface area (Å²) >= 11 is 0. The molecule has 0 spiro atoms. The average molecular weight is 181 g/mol. The first-order chi connectivity index (χ1) is 6.04. The van der Waals surface area contributed by atoms with Gasteiger partial charge in [-0.05, 0) is 12.1 Å². The number of anilines is 1. The maximum atomic E-state index is 10.7. The number of benzene rings is 1. The number of amides is 1. The molecule has 6 heteroatoms. The van der Waals surface area contributed by atoms with Gasteiger partial charge in [0.2, 0.25) is 0 Å². The third-order valence-corrected chi connectivity index (χ3v) is 1.52. The van der Waals surface area contributed by atoms with Crippen LogP contribution in [0.4, 0.5) is 11.4 Å². The van der Waals surface area contributed by atoms with Crippen LogP contribution in [0.1, 0.15) is 10.4 Å². The quantitative estimate of drug-likeness (QED) is 0.387. The highest BCUT2D eigenvalue weighted by Crippen LogP contribution is 2.24. The zero-order valence-electron chi connectivity index (χ0n) is 6.56. The standard InChI is InChI=1S/C7H7N3O3/c8-5-3-1-2-4(7(9)11)6(5)10(12)13/h1-3H,8H2,(H2,9,11). The Bertz CT molecular complexity index is 375. The molecule has 0 aliphatic heterocycles. The van der Waals surface area contributed by atoms with E-state index in [2.05, 4.69) is 0 Å². The van der Waals surface area contributed by atoms with Gasteiger partial charge in [0.15, 0.2) is 0 Å². The first-order valence-electron chi connectivity index (χ1n) is 3.36. The second-order valence-electron chi connectivity index (χ2n) is 2.36. The van der Waals surface area contributed by atoms with E-state index in [1.54, 1.807) is 0 Å². The van der Waals surface area contributed by atoms with Crippen molar-refractivity contribution < 1.29 is 9.72 Å². The number of nitrogens with zero attached hydrogens (tertiary/aromatic N) is 1. The number of rotatable bonds is 2. The molecule has 0 aromatic heterocycles. The number of hydrogen-bond donors (Lipinski definition) is 2. The minimum Gasteiger partial charge on any atom is -0.393 e. The summed E-state index contributed by atoms with van der Waals surface area (Å²) in [7, 11) is 0. The van der Waals surface area contributed by atoms with E-state index in [-0.39, 0.29) is 11.3 Å². The largest absolute Gasteiger partial charge is 0.393 e. The lowest BCUT2D eigenvalue weighted by atomic mass is 10.1. The van der Waals surface area contributed by atoms with Crippen molar-refractivity contribution in [3.8, 4) is 0 Å². The summed E-state index contributed by atoms with van der Waals surface area (Å²) in [5.41, 5.74) is 9.55. The van der Waals surface area contributed by atoms with Crippen LogP contribution in [0.5, 0.6) is 0 Å². The van der Waals surface area contributed by atoms with Crippen molar-refractivity contribution in [1.82, 2.24) is 0 Å². The number of nitro groups is 1. The van der Waals surface area contributed by atoms with Crippen molar-refractivity contribution in [3.63, 3.8) is 0 Å². The van der Waals surface area contributed by atoms with Crippen LogP contribution < -0.4 is 11.5 Å². The molecule has 0 atom stereocenters. The Morgan fingerprint density at radius 2 is 2.08 bits per heavy atom. The third kappa shape index (κ3) is 1.56. The summed E-state index contributed by atoms with van der Waals surface area (Å²) in [5, 5.41) is 10.5. The van der Waals surface area contributed by atoms with Crippen LogP contribution in [-0.2, 0) is 0 Å². The predicted molar refractivity (Wildman–Crippen MR) is 46.0 cm³/mol. The molecule has 1 aromatic rings.